The second kappa shape index (κ2) is 11.8. The van der Waals surface area contributed by atoms with E-state index in [1.807, 2.05) is 43.0 Å². The van der Waals surface area contributed by atoms with E-state index in [1.54, 1.807) is 12.1 Å². The summed E-state index contributed by atoms with van der Waals surface area (Å²) in [6.45, 7) is 9.01. The molecule has 0 spiro atoms. The Balaban J connectivity index is 0.00000385. The molecule has 3 rings (SSSR count). The van der Waals surface area contributed by atoms with Crippen LogP contribution in [0.15, 0.2) is 51.7 Å². The van der Waals surface area contributed by atoms with Crippen LogP contribution in [0.25, 0.3) is 11.3 Å². The molecule has 1 heterocycles. The molecule has 1 aromatic heterocycles. The molecule has 0 bridgehead atoms. The van der Waals surface area contributed by atoms with Crippen LogP contribution in [0.4, 0.5) is 5.69 Å². The third kappa shape index (κ3) is 6.17. The maximum atomic E-state index is 13.3. The zero-order valence-electron chi connectivity index (χ0n) is 19.6. The van der Waals surface area contributed by atoms with Gasteiger partial charge in [0.2, 0.25) is 10.0 Å². The van der Waals surface area contributed by atoms with Crippen LogP contribution in [0.3, 0.4) is 0 Å². The van der Waals surface area contributed by atoms with Crippen LogP contribution in [0, 0.1) is 13.8 Å². The minimum Gasteiger partial charge on any atom is -0.320 e. The molecule has 0 saturated heterocycles. The number of halogens is 2. The fourth-order valence-corrected chi connectivity index (χ4v) is 6.66. The highest BCUT2D eigenvalue weighted by Gasteiger charge is 2.26. The van der Waals surface area contributed by atoms with Crippen molar-refractivity contribution < 1.29 is 8.42 Å². The van der Waals surface area contributed by atoms with Gasteiger partial charge in [0, 0.05) is 31.1 Å². The number of hydrogen-bond acceptors (Lipinski definition) is 4. The zero-order valence-corrected chi connectivity index (χ0v) is 23.7. The van der Waals surface area contributed by atoms with Crippen molar-refractivity contribution in [3.05, 3.63) is 62.7 Å². The van der Waals surface area contributed by atoms with Gasteiger partial charge in [-0.05, 0) is 50.5 Å². The van der Waals surface area contributed by atoms with Gasteiger partial charge in [0.25, 0.3) is 0 Å². The van der Waals surface area contributed by atoms with Crippen molar-refractivity contribution in [3.63, 3.8) is 0 Å². The number of sulfonamides is 1. The highest BCUT2D eigenvalue weighted by Crippen LogP contribution is 2.31. The van der Waals surface area contributed by atoms with Crippen LogP contribution in [-0.4, -0.2) is 30.4 Å². The molecule has 0 amide bonds. The van der Waals surface area contributed by atoms with Gasteiger partial charge in [-0.1, -0.05) is 49.2 Å². The van der Waals surface area contributed by atoms with Gasteiger partial charge in [-0.3, -0.25) is 0 Å². The monoisotopic (exact) mass is 571 g/mol. The predicted molar refractivity (Wildman–Crippen MR) is 145 cm³/mol. The van der Waals surface area contributed by atoms with Gasteiger partial charge in [-0.15, -0.1) is 28.3 Å². The fraction of sp³-hybridized carbons (Fsp3) is 0.375. The van der Waals surface area contributed by atoms with Gasteiger partial charge < -0.3 is 4.57 Å². The molecule has 33 heavy (non-hydrogen) atoms. The lowest BCUT2D eigenvalue weighted by Gasteiger charge is -2.22. The van der Waals surface area contributed by atoms with Crippen LogP contribution >= 0.6 is 39.9 Å². The quantitative estimate of drug-likeness (QED) is 0.304. The lowest BCUT2D eigenvalue weighted by molar-refractivity contribution is 0.410. The van der Waals surface area contributed by atoms with Crippen LogP contribution in [-0.2, 0) is 17.1 Å². The molecule has 0 N–H and O–H groups in total. The summed E-state index contributed by atoms with van der Waals surface area (Å²) in [5.41, 5.74) is 4.93. The maximum Gasteiger partial charge on any atom is 0.244 e. The Morgan fingerprint density at radius 1 is 1.06 bits per heavy atom. The molecule has 3 aromatic rings. The largest absolute Gasteiger partial charge is 0.320 e. The van der Waals surface area contributed by atoms with Crippen molar-refractivity contribution in [1.82, 2.24) is 8.87 Å². The molecule has 0 atom stereocenters. The van der Waals surface area contributed by atoms with Gasteiger partial charge in [0.15, 0.2) is 4.80 Å². The molecule has 0 saturated carbocycles. The van der Waals surface area contributed by atoms with Gasteiger partial charge in [-0.25, -0.2) is 13.4 Å². The summed E-state index contributed by atoms with van der Waals surface area (Å²) in [5, 5.41) is 2.24. The molecule has 0 aliphatic heterocycles. The Labute approximate surface area is 216 Å². The Hall–Kier alpha value is -1.45. The van der Waals surface area contributed by atoms with Gasteiger partial charge in [0.1, 0.15) is 4.90 Å². The predicted octanol–water partition coefficient (Wildman–Crippen LogP) is 6.64. The number of thiazole rings is 1. The minimum atomic E-state index is -3.68. The molecule has 0 radical (unpaired) electrons. The third-order valence-corrected chi connectivity index (χ3v) is 8.58. The van der Waals surface area contributed by atoms with Gasteiger partial charge in [0.05, 0.1) is 16.4 Å². The summed E-state index contributed by atoms with van der Waals surface area (Å²) >= 11 is 7.89. The normalized spacial score (nSPS) is 12.3. The summed E-state index contributed by atoms with van der Waals surface area (Å²) < 4.78 is 30.2. The van der Waals surface area contributed by atoms with E-state index in [2.05, 4.69) is 26.0 Å². The minimum absolute atomic E-state index is 0. The van der Waals surface area contributed by atoms with E-state index in [1.165, 1.54) is 21.2 Å². The van der Waals surface area contributed by atoms with E-state index in [-0.39, 0.29) is 26.9 Å². The molecule has 0 aliphatic rings. The molecule has 5 nitrogen and oxygen atoms in total. The third-order valence-electron chi connectivity index (χ3n) is 5.28. The van der Waals surface area contributed by atoms with Crippen molar-refractivity contribution in [2.24, 2.45) is 12.0 Å². The average molecular weight is 573 g/mol. The van der Waals surface area contributed by atoms with E-state index < -0.39 is 10.0 Å². The Morgan fingerprint density at radius 2 is 1.73 bits per heavy atom. The molecule has 0 unspecified atom stereocenters. The summed E-state index contributed by atoms with van der Waals surface area (Å²) in [6.07, 6.45) is 1.50. The van der Waals surface area contributed by atoms with E-state index >= 15 is 0 Å². The van der Waals surface area contributed by atoms with Crippen molar-refractivity contribution in [2.45, 2.75) is 45.4 Å². The number of rotatable bonds is 8. The van der Waals surface area contributed by atoms with Crippen LogP contribution in [0.5, 0.6) is 0 Å². The number of nitrogens with zero attached hydrogens (tertiary/aromatic N) is 3. The highest BCUT2D eigenvalue weighted by atomic mass is 79.9. The van der Waals surface area contributed by atoms with E-state index in [0.29, 0.717) is 13.1 Å². The lowest BCUT2D eigenvalue weighted by Crippen LogP contribution is -2.32. The maximum absolute atomic E-state index is 13.3. The molecule has 9 heteroatoms. The molecule has 0 aliphatic carbocycles. The zero-order chi connectivity index (χ0) is 23.5. The number of aromatic nitrogens is 1. The van der Waals surface area contributed by atoms with E-state index in [4.69, 9.17) is 16.6 Å². The van der Waals surface area contributed by atoms with Crippen molar-refractivity contribution in [2.75, 3.05) is 13.1 Å². The van der Waals surface area contributed by atoms with Crippen molar-refractivity contribution in [3.8, 4) is 11.3 Å². The van der Waals surface area contributed by atoms with E-state index in [9.17, 15) is 8.42 Å². The Kier molecular flexibility index (Phi) is 9.94. The second-order valence-corrected chi connectivity index (χ2v) is 11.1. The van der Waals surface area contributed by atoms with Crippen molar-refractivity contribution >= 4 is 55.6 Å². The Bertz CT molecular complexity index is 1280. The molecular formula is C24H31BrClN3O2S2. The van der Waals surface area contributed by atoms with E-state index in [0.717, 1.165) is 40.2 Å². The van der Waals surface area contributed by atoms with Crippen LogP contribution < -0.4 is 4.80 Å². The second-order valence-electron chi connectivity index (χ2n) is 7.91. The van der Waals surface area contributed by atoms with Gasteiger partial charge >= 0.3 is 0 Å². The van der Waals surface area contributed by atoms with Crippen LogP contribution in [0.2, 0.25) is 5.02 Å². The number of aryl methyl sites for hydroxylation is 2. The first-order chi connectivity index (χ1) is 15.2. The summed E-state index contributed by atoms with van der Waals surface area (Å²) in [6, 6.07) is 11.4. The SMILES string of the molecule is Br.CCCN(CCC)S(=O)(=O)c1cc(-c2csc(=Nc3ccc(C)cc3C)n2C)ccc1Cl. The summed E-state index contributed by atoms with van der Waals surface area (Å²) in [5.74, 6) is 0. The number of benzene rings is 2. The van der Waals surface area contributed by atoms with Gasteiger partial charge in [-0.2, -0.15) is 4.31 Å². The number of hydrogen-bond donors (Lipinski definition) is 0. The first-order valence-corrected chi connectivity index (χ1v) is 13.4. The smallest absolute Gasteiger partial charge is 0.244 e. The summed E-state index contributed by atoms with van der Waals surface area (Å²) in [7, 11) is -1.74. The standard InChI is InChI=1S/C24H30ClN3O2S2.BrH/c1-6-12-28(13-7-2)32(29,30)23-15-19(9-10-20(23)25)22-16-31-24(27(22)5)26-21-11-8-17(3)14-18(21)4;/h8-11,14-16H,6-7,12-13H2,1-5H3;1H. The summed E-state index contributed by atoms with van der Waals surface area (Å²) in [4.78, 5) is 5.81. The molecule has 0 fully saturated rings. The molecule has 2 aromatic carbocycles. The van der Waals surface area contributed by atoms with Crippen molar-refractivity contribution in [1.29, 1.82) is 0 Å². The topological polar surface area (TPSA) is 54.7 Å². The first-order valence-electron chi connectivity index (χ1n) is 10.8. The molecule has 180 valence electrons. The van der Waals surface area contributed by atoms with Crippen LogP contribution in [0.1, 0.15) is 37.8 Å². The fourth-order valence-electron chi connectivity index (χ4n) is 3.62. The molecular weight excluding hydrogens is 542 g/mol. The first kappa shape index (κ1) is 27.8. The Morgan fingerprint density at radius 3 is 2.33 bits per heavy atom. The highest BCUT2D eigenvalue weighted by molar-refractivity contribution is 8.93. The average Bonchev–Trinajstić information content (AvgIpc) is 3.10. The lowest BCUT2D eigenvalue weighted by atomic mass is 10.1.